The number of fused-ring (bicyclic) bond motifs is 3. The number of hydrogen-bond donors (Lipinski definition) is 0. The molecule has 0 unspecified atom stereocenters. The molecule has 3 heteroatoms. The SMILES string of the molecule is CC(C)c1c(=O)c2ccccc2n2ccoc12. The zero-order valence-corrected chi connectivity index (χ0v) is 9.81. The molecule has 0 spiro atoms. The van der Waals surface area contributed by atoms with Gasteiger partial charge in [0.15, 0.2) is 5.43 Å². The van der Waals surface area contributed by atoms with E-state index >= 15 is 0 Å². The third-order valence-electron chi connectivity index (χ3n) is 3.07. The third-order valence-corrected chi connectivity index (χ3v) is 3.07. The van der Waals surface area contributed by atoms with Crippen LogP contribution in [0.1, 0.15) is 25.3 Å². The van der Waals surface area contributed by atoms with Gasteiger partial charge in [-0.3, -0.25) is 9.20 Å². The molecule has 0 aliphatic rings. The second-order valence-electron chi connectivity index (χ2n) is 4.49. The molecule has 0 saturated carbocycles. The number of pyridine rings is 1. The Morgan fingerprint density at radius 3 is 2.76 bits per heavy atom. The van der Waals surface area contributed by atoms with E-state index in [0.717, 1.165) is 16.5 Å². The zero-order chi connectivity index (χ0) is 12.0. The fourth-order valence-corrected chi connectivity index (χ4v) is 2.29. The average Bonchev–Trinajstić information content (AvgIpc) is 2.78. The van der Waals surface area contributed by atoms with E-state index in [-0.39, 0.29) is 11.3 Å². The molecule has 0 aliphatic carbocycles. The Morgan fingerprint density at radius 2 is 2.00 bits per heavy atom. The van der Waals surface area contributed by atoms with Crippen LogP contribution < -0.4 is 5.43 Å². The zero-order valence-electron chi connectivity index (χ0n) is 9.81. The minimum atomic E-state index is 0.0746. The second-order valence-corrected chi connectivity index (χ2v) is 4.49. The number of hydrogen-bond acceptors (Lipinski definition) is 2. The Hall–Kier alpha value is -2.03. The van der Waals surface area contributed by atoms with E-state index in [9.17, 15) is 4.79 Å². The molecule has 0 aliphatic heterocycles. The number of para-hydroxylation sites is 1. The van der Waals surface area contributed by atoms with Gasteiger partial charge in [-0.15, -0.1) is 0 Å². The highest BCUT2D eigenvalue weighted by Gasteiger charge is 2.16. The summed E-state index contributed by atoms with van der Waals surface area (Å²) in [6.07, 6.45) is 3.47. The molecule has 2 heterocycles. The van der Waals surface area contributed by atoms with Crippen LogP contribution >= 0.6 is 0 Å². The first-order valence-corrected chi connectivity index (χ1v) is 5.70. The lowest BCUT2D eigenvalue weighted by molar-refractivity contribution is 0.597. The standard InChI is InChI=1S/C14H13NO2/c1-9(2)12-13(16)10-5-3-4-6-11(10)15-7-8-17-14(12)15/h3-9H,1-2H3. The first-order valence-electron chi connectivity index (χ1n) is 5.70. The van der Waals surface area contributed by atoms with Gasteiger partial charge in [-0.25, -0.2) is 0 Å². The highest BCUT2D eigenvalue weighted by Crippen LogP contribution is 2.22. The summed E-state index contributed by atoms with van der Waals surface area (Å²) in [7, 11) is 0. The van der Waals surface area contributed by atoms with Crippen molar-refractivity contribution in [3.8, 4) is 0 Å². The maximum Gasteiger partial charge on any atom is 0.211 e. The van der Waals surface area contributed by atoms with Crippen LogP contribution in [-0.2, 0) is 0 Å². The van der Waals surface area contributed by atoms with Crippen LogP contribution in [0.25, 0.3) is 16.6 Å². The maximum atomic E-state index is 12.4. The molecule has 1 aromatic carbocycles. The summed E-state index contributed by atoms with van der Waals surface area (Å²) in [6.45, 7) is 4.02. The van der Waals surface area contributed by atoms with Gasteiger partial charge in [0.25, 0.3) is 0 Å². The summed E-state index contributed by atoms with van der Waals surface area (Å²) >= 11 is 0. The van der Waals surface area contributed by atoms with E-state index < -0.39 is 0 Å². The Kier molecular flexibility index (Phi) is 2.08. The molecule has 2 aromatic heterocycles. The van der Waals surface area contributed by atoms with Crippen molar-refractivity contribution < 1.29 is 4.42 Å². The fraction of sp³-hybridized carbons (Fsp3) is 0.214. The van der Waals surface area contributed by atoms with Gasteiger partial charge in [0.1, 0.15) is 6.26 Å². The van der Waals surface area contributed by atoms with Crippen LogP contribution in [0.5, 0.6) is 0 Å². The Balaban J connectivity index is 2.66. The summed E-state index contributed by atoms with van der Waals surface area (Å²) < 4.78 is 7.40. The van der Waals surface area contributed by atoms with Gasteiger partial charge >= 0.3 is 0 Å². The van der Waals surface area contributed by atoms with Gasteiger partial charge in [0, 0.05) is 11.6 Å². The molecular weight excluding hydrogens is 214 g/mol. The van der Waals surface area contributed by atoms with Crippen LogP contribution in [-0.4, -0.2) is 4.40 Å². The minimum Gasteiger partial charge on any atom is -0.446 e. The van der Waals surface area contributed by atoms with E-state index in [1.165, 1.54) is 0 Å². The number of nitrogens with zero attached hydrogens (tertiary/aromatic N) is 1. The van der Waals surface area contributed by atoms with Crippen molar-refractivity contribution >= 4 is 16.6 Å². The highest BCUT2D eigenvalue weighted by atomic mass is 16.3. The Morgan fingerprint density at radius 1 is 1.24 bits per heavy atom. The largest absolute Gasteiger partial charge is 0.446 e. The van der Waals surface area contributed by atoms with Crippen molar-refractivity contribution in [1.82, 2.24) is 4.40 Å². The molecule has 0 N–H and O–H groups in total. The van der Waals surface area contributed by atoms with Gasteiger partial charge < -0.3 is 4.42 Å². The normalized spacial score (nSPS) is 11.7. The molecule has 3 rings (SSSR count). The monoisotopic (exact) mass is 227 g/mol. The molecule has 17 heavy (non-hydrogen) atoms. The molecule has 3 aromatic rings. The van der Waals surface area contributed by atoms with Gasteiger partial charge in [0.2, 0.25) is 5.71 Å². The number of aromatic nitrogens is 1. The lowest BCUT2D eigenvalue weighted by Gasteiger charge is -2.08. The average molecular weight is 227 g/mol. The first kappa shape index (κ1) is 10.1. The quantitative estimate of drug-likeness (QED) is 0.640. The van der Waals surface area contributed by atoms with Crippen LogP contribution in [0.2, 0.25) is 0 Å². The van der Waals surface area contributed by atoms with Crippen LogP contribution in [0.4, 0.5) is 0 Å². The van der Waals surface area contributed by atoms with Crippen LogP contribution in [0, 0.1) is 0 Å². The van der Waals surface area contributed by atoms with Crippen molar-refractivity contribution in [2.75, 3.05) is 0 Å². The van der Waals surface area contributed by atoms with E-state index in [1.54, 1.807) is 6.26 Å². The van der Waals surface area contributed by atoms with E-state index in [4.69, 9.17) is 4.42 Å². The summed E-state index contributed by atoms with van der Waals surface area (Å²) in [5.74, 6) is 0.147. The number of benzene rings is 1. The van der Waals surface area contributed by atoms with Gasteiger partial charge in [-0.05, 0) is 18.1 Å². The first-order chi connectivity index (χ1) is 8.20. The lowest BCUT2D eigenvalue weighted by atomic mass is 10.0. The van der Waals surface area contributed by atoms with Gasteiger partial charge in [0.05, 0.1) is 11.1 Å². The Bertz CT molecular complexity index is 750. The molecule has 3 nitrogen and oxygen atoms in total. The number of oxazole rings is 1. The van der Waals surface area contributed by atoms with E-state index in [1.807, 2.05) is 48.7 Å². The molecular formula is C14H13NO2. The predicted molar refractivity (Wildman–Crippen MR) is 67.5 cm³/mol. The molecule has 0 bridgehead atoms. The van der Waals surface area contributed by atoms with Crippen molar-refractivity contribution in [3.05, 3.63) is 52.5 Å². The molecule has 86 valence electrons. The van der Waals surface area contributed by atoms with E-state index in [0.29, 0.717) is 5.71 Å². The molecule has 0 amide bonds. The van der Waals surface area contributed by atoms with Crippen LogP contribution in [0.15, 0.2) is 45.9 Å². The summed E-state index contributed by atoms with van der Waals surface area (Å²) in [6, 6.07) is 7.61. The number of rotatable bonds is 1. The summed E-state index contributed by atoms with van der Waals surface area (Å²) in [5, 5.41) is 0.745. The second kappa shape index (κ2) is 3.48. The van der Waals surface area contributed by atoms with Crippen molar-refractivity contribution in [2.24, 2.45) is 0 Å². The van der Waals surface area contributed by atoms with E-state index in [2.05, 4.69) is 0 Å². The predicted octanol–water partition coefficient (Wildman–Crippen LogP) is 3.17. The maximum absolute atomic E-state index is 12.4. The highest BCUT2D eigenvalue weighted by molar-refractivity contribution is 5.83. The van der Waals surface area contributed by atoms with Crippen molar-refractivity contribution in [2.45, 2.75) is 19.8 Å². The van der Waals surface area contributed by atoms with Gasteiger partial charge in [-0.1, -0.05) is 26.0 Å². The van der Waals surface area contributed by atoms with Crippen molar-refractivity contribution in [1.29, 1.82) is 0 Å². The topological polar surface area (TPSA) is 34.6 Å². The lowest BCUT2D eigenvalue weighted by Crippen LogP contribution is -2.13. The van der Waals surface area contributed by atoms with Gasteiger partial charge in [-0.2, -0.15) is 0 Å². The third kappa shape index (κ3) is 1.32. The van der Waals surface area contributed by atoms with Crippen molar-refractivity contribution in [3.63, 3.8) is 0 Å². The Labute approximate surface area is 98.3 Å². The summed E-state index contributed by atoms with van der Waals surface area (Å²) in [4.78, 5) is 12.4. The fourth-order valence-electron chi connectivity index (χ4n) is 2.29. The smallest absolute Gasteiger partial charge is 0.211 e. The molecule has 0 atom stereocenters. The molecule has 0 saturated heterocycles. The molecule has 0 fully saturated rings. The van der Waals surface area contributed by atoms with Crippen LogP contribution in [0.3, 0.4) is 0 Å². The molecule has 0 radical (unpaired) electrons. The minimum absolute atomic E-state index is 0.0746. The summed E-state index contributed by atoms with van der Waals surface area (Å²) in [5.41, 5.74) is 2.37.